The van der Waals surface area contributed by atoms with E-state index in [0.29, 0.717) is 25.7 Å². The second-order valence-electron chi connectivity index (χ2n) is 16.8. The molecule has 4 rings (SSSR count). The number of nitrogens with one attached hydrogen (secondary N) is 4. The molecule has 0 spiro atoms. The van der Waals surface area contributed by atoms with Crippen LogP contribution in [0.2, 0.25) is 0 Å². The van der Waals surface area contributed by atoms with Gasteiger partial charge in [-0.3, -0.25) is 19.2 Å². The molecule has 59 heavy (non-hydrogen) atoms. The Kier molecular flexibility index (Phi) is 16.4. The number of urea groups is 1. The number of sulfonamides is 1. The number of carbonyl (C=O) groups is 5. The molecule has 1 aliphatic heterocycles. The first-order valence-corrected chi connectivity index (χ1v) is 21.9. The molecule has 0 saturated carbocycles. The standard InChI is InChI=1S/C44H61N7O7S/c1-9-11-18-34(39(52)41(54)46-23-10-2)47-40(53)38-30(21-20-29(3)4)22-25-51(38)42(55)37(33-26-31-16-12-13-17-32(31)27-33)49-43(56)48-35(44(5,6)7)28-50(8)59(57,58)36-19-14-15-24-45-36/h10,12-17,19,24,29-30,33-35,37-38H,2,9,11,18,22-23,25-28H2,1,3-8H3,(H,46,54)(H,47,53)(H2,48,49,56)/t30-,34?,35+,37-,38-/m0/s1. The molecular weight excluding hydrogens is 771 g/mol. The van der Waals surface area contributed by atoms with Crippen molar-refractivity contribution in [3.63, 3.8) is 0 Å². The van der Waals surface area contributed by atoms with Gasteiger partial charge in [-0.2, -0.15) is 4.31 Å². The van der Waals surface area contributed by atoms with E-state index in [4.69, 9.17) is 0 Å². The van der Waals surface area contributed by atoms with Crippen LogP contribution >= 0.6 is 0 Å². The summed E-state index contributed by atoms with van der Waals surface area (Å²) < 4.78 is 28.0. The lowest BCUT2D eigenvalue weighted by atomic mass is 9.86. The maximum absolute atomic E-state index is 15.0. The van der Waals surface area contributed by atoms with Crippen molar-refractivity contribution >= 4 is 39.6 Å². The van der Waals surface area contributed by atoms with Crippen molar-refractivity contribution in [2.75, 3.05) is 26.7 Å². The lowest BCUT2D eigenvalue weighted by Gasteiger charge is -2.36. The number of rotatable bonds is 17. The number of benzene rings is 1. The predicted octanol–water partition coefficient (Wildman–Crippen LogP) is 3.62. The highest BCUT2D eigenvalue weighted by molar-refractivity contribution is 7.89. The number of likely N-dealkylation sites (tertiary alicyclic amines) is 1. The van der Waals surface area contributed by atoms with Crippen LogP contribution in [0.3, 0.4) is 0 Å². The number of pyridine rings is 1. The van der Waals surface area contributed by atoms with E-state index < -0.39 is 75.1 Å². The van der Waals surface area contributed by atoms with Gasteiger partial charge in [-0.05, 0) is 60.3 Å². The number of nitrogens with zero attached hydrogens (tertiary/aromatic N) is 3. The van der Waals surface area contributed by atoms with Crippen LogP contribution in [0.1, 0.15) is 78.4 Å². The first kappa shape index (κ1) is 46.6. The first-order chi connectivity index (χ1) is 27.9. The van der Waals surface area contributed by atoms with Gasteiger partial charge >= 0.3 is 6.03 Å². The topological polar surface area (TPSA) is 187 Å². The summed E-state index contributed by atoms with van der Waals surface area (Å²) in [6.07, 6.45) is 5.73. The zero-order chi connectivity index (χ0) is 43.5. The molecule has 5 amide bonds. The van der Waals surface area contributed by atoms with Crippen molar-refractivity contribution in [1.82, 2.24) is 35.5 Å². The second-order valence-corrected chi connectivity index (χ2v) is 18.8. The molecule has 0 radical (unpaired) electrons. The second kappa shape index (κ2) is 20.8. The average molecular weight is 832 g/mol. The summed E-state index contributed by atoms with van der Waals surface area (Å²) in [5, 5.41) is 11.1. The number of unbranched alkanes of at least 4 members (excludes halogenated alkanes) is 1. The number of carbonyl (C=O) groups excluding carboxylic acids is 5. The molecule has 14 nitrogen and oxygen atoms in total. The molecule has 1 aromatic heterocycles. The summed E-state index contributed by atoms with van der Waals surface area (Å²) in [4.78, 5) is 75.0. The van der Waals surface area contributed by atoms with Gasteiger partial charge in [0.1, 0.15) is 12.1 Å². The summed E-state index contributed by atoms with van der Waals surface area (Å²) in [6, 6.07) is 7.75. The van der Waals surface area contributed by atoms with E-state index in [1.807, 2.05) is 65.8 Å². The number of likely N-dealkylation sites (N-methyl/N-ethyl adjacent to an activating group) is 1. The van der Waals surface area contributed by atoms with Gasteiger partial charge in [-0.1, -0.05) is 96.7 Å². The van der Waals surface area contributed by atoms with E-state index in [-0.39, 0.29) is 42.9 Å². The van der Waals surface area contributed by atoms with Crippen molar-refractivity contribution in [2.24, 2.45) is 23.2 Å². The summed E-state index contributed by atoms with van der Waals surface area (Å²) in [7, 11) is -2.56. The molecule has 1 saturated heterocycles. The normalized spacial score (nSPS) is 18.2. The van der Waals surface area contributed by atoms with Gasteiger partial charge in [-0.15, -0.1) is 12.5 Å². The minimum Gasteiger partial charge on any atom is -0.346 e. The monoisotopic (exact) mass is 831 g/mol. The van der Waals surface area contributed by atoms with Crippen LogP contribution in [0, 0.1) is 35.0 Å². The molecule has 5 atom stereocenters. The van der Waals surface area contributed by atoms with Gasteiger partial charge < -0.3 is 26.2 Å². The van der Waals surface area contributed by atoms with E-state index >= 15 is 4.79 Å². The Morgan fingerprint density at radius 3 is 2.25 bits per heavy atom. The number of amides is 5. The zero-order valence-corrected chi connectivity index (χ0v) is 36.2. The largest absolute Gasteiger partial charge is 0.346 e. The van der Waals surface area contributed by atoms with Gasteiger partial charge in [0.25, 0.3) is 15.9 Å². The molecule has 4 N–H and O–H groups in total. The third kappa shape index (κ3) is 12.2. The lowest BCUT2D eigenvalue weighted by Crippen LogP contribution is -2.61. The highest BCUT2D eigenvalue weighted by atomic mass is 32.2. The number of hydrogen-bond acceptors (Lipinski definition) is 8. The van der Waals surface area contributed by atoms with Gasteiger partial charge in [0.05, 0.1) is 12.0 Å². The fraction of sp³-hybridized carbons (Fsp3) is 0.545. The predicted molar refractivity (Wildman–Crippen MR) is 226 cm³/mol. The van der Waals surface area contributed by atoms with Crippen LogP contribution in [0.5, 0.6) is 0 Å². The fourth-order valence-corrected chi connectivity index (χ4v) is 8.52. The Labute approximate surface area is 349 Å². The van der Waals surface area contributed by atoms with Crippen LogP contribution in [-0.4, -0.2) is 103 Å². The molecular formula is C44H61N7O7S. The molecule has 0 bridgehead atoms. The Morgan fingerprint density at radius 2 is 1.68 bits per heavy atom. The van der Waals surface area contributed by atoms with Gasteiger partial charge in [-0.25, -0.2) is 18.2 Å². The van der Waals surface area contributed by atoms with E-state index in [1.54, 1.807) is 12.1 Å². The molecule has 320 valence electrons. The Hall–Kier alpha value is -5.07. The van der Waals surface area contributed by atoms with Crippen LogP contribution < -0.4 is 21.3 Å². The minimum atomic E-state index is -3.99. The quantitative estimate of drug-likeness (QED) is 0.106. The molecule has 15 heteroatoms. The van der Waals surface area contributed by atoms with E-state index in [0.717, 1.165) is 21.9 Å². The minimum absolute atomic E-state index is 0.0141. The number of Topliss-reactive ketones (excluding diaryl/α,β-unsaturated/α-hetero) is 1. The fourth-order valence-electron chi connectivity index (χ4n) is 7.41. The van der Waals surface area contributed by atoms with Gasteiger partial charge in [0, 0.05) is 44.8 Å². The van der Waals surface area contributed by atoms with Crippen LogP contribution in [0.4, 0.5) is 4.79 Å². The summed E-state index contributed by atoms with van der Waals surface area (Å²) in [6.45, 7) is 15.2. The number of ketones is 1. The molecule has 1 aliphatic carbocycles. The number of fused-ring (bicyclic) bond motifs is 1. The maximum Gasteiger partial charge on any atom is 0.315 e. The van der Waals surface area contributed by atoms with E-state index in [2.05, 4.69) is 44.7 Å². The smallest absolute Gasteiger partial charge is 0.315 e. The summed E-state index contributed by atoms with van der Waals surface area (Å²) in [5.41, 5.74) is 1.48. The third-order valence-corrected chi connectivity index (χ3v) is 12.6. The van der Waals surface area contributed by atoms with Crippen molar-refractivity contribution in [1.29, 1.82) is 0 Å². The SMILES string of the molecule is C=CCNC(=O)C(=O)C(CCCC)NC(=O)[C@@H]1[C@@H](C#CC(C)C)CCN1C(=O)[C@@H](NC(=O)N[C@H](CN(C)S(=O)(=O)c1ccccn1)C(C)(C)C)C1Cc2ccccc2C1. The highest BCUT2D eigenvalue weighted by Crippen LogP contribution is 2.32. The molecule has 2 heterocycles. The van der Waals surface area contributed by atoms with Crippen molar-refractivity contribution < 1.29 is 32.4 Å². The molecule has 2 aromatic rings. The number of aromatic nitrogens is 1. The van der Waals surface area contributed by atoms with Gasteiger partial charge in [0.2, 0.25) is 17.6 Å². The molecule has 1 fully saturated rings. The Morgan fingerprint density at radius 1 is 1.02 bits per heavy atom. The van der Waals surface area contributed by atoms with Crippen molar-refractivity contribution in [3.05, 3.63) is 72.4 Å². The average Bonchev–Trinajstić information content (AvgIpc) is 3.83. The molecule has 2 aliphatic rings. The van der Waals surface area contributed by atoms with Crippen LogP contribution in [-0.2, 0) is 42.0 Å². The molecule has 1 aromatic carbocycles. The van der Waals surface area contributed by atoms with E-state index in [1.165, 1.54) is 30.3 Å². The van der Waals surface area contributed by atoms with Crippen molar-refractivity contribution in [3.8, 4) is 11.8 Å². The van der Waals surface area contributed by atoms with Crippen molar-refractivity contribution in [2.45, 2.75) is 109 Å². The third-order valence-electron chi connectivity index (χ3n) is 10.8. The van der Waals surface area contributed by atoms with Gasteiger partial charge in [0.15, 0.2) is 5.03 Å². The summed E-state index contributed by atoms with van der Waals surface area (Å²) >= 11 is 0. The maximum atomic E-state index is 15.0. The summed E-state index contributed by atoms with van der Waals surface area (Å²) in [5.74, 6) is 2.68. The first-order valence-electron chi connectivity index (χ1n) is 20.4. The Bertz CT molecular complexity index is 1980. The Balaban J connectivity index is 1.66. The zero-order valence-electron chi connectivity index (χ0n) is 35.4. The number of hydrogen-bond donors (Lipinski definition) is 4. The lowest BCUT2D eigenvalue weighted by molar-refractivity contribution is -0.143. The van der Waals surface area contributed by atoms with E-state index in [9.17, 15) is 27.6 Å². The highest BCUT2D eigenvalue weighted by Gasteiger charge is 2.47. The van der Waals surface area contributed by atoms with Crippen LogP contribution in [0.15, 0.2) is 66.3 Å². The van der Waals surface area contributed by atoms with Crippen LogP contribution in [0.25, 0.3) is 0 Å². The molecule has 1 unspecified atom stereocenters.